The highest BCUT2D eigenvalue weighted by molar-refractivity contribution is 7.92. The molecule has 0 aromatic heterocycles. The van der Waals surface area contributed by atoms with Gasteiger partial charge in [0, 0.05) is 13.1 Å². The van der Waals surface area contributed by atoms with Gasteiger partial charge in [0.05, 0.1) is 21.2 Å². The standard InChI is InChI=1S/C20H23ClN2O6S2/c1-3-23(4-2)31(28,29)19-12-15(8-9-17(19)21)22-30(26,27)18-11-14(20(24)25)10-13-6-5-7-16(13)18/h8-12,22H,3-7H2,1-2H3,(H,24,25). The Morgan fingerprint density at radius 1 is 1.06 bits per heavy atom. The third kappa shape index (κ3) is 4.57. The normalized spacial score (nSPS) is 13.9. The van der Waals surface area contributed by atoms with Crippen LogP contribution in [0.5, 0.6) is 0 Å². The Hall–Kier alpha value is -2.14. The highest BCUT2D eigenvalue weighted by atomic mass is 35.5. The molecule has 0 amide bonds. The number of rotatable bonds is 8. The molecule has 0 aliphatic heterocycles. The summed E-state index contributed by atoms with van der Waals surface area (Å²) < 4.78 is 55.6. The molecule has 2 N–H and O–H groups in total. The first-order chi connectivity index (χ1) is 14.5. The molecule has 0 spiro atoms. The lowest BCUT2D eigenvalue weighted by Crippen LogP contribution is -2.30. The SMILES string of the molecule is CCN(CC)S(=O)(=O)c1cc(NS(=O)(=O)c2cc(C(=O)O)cc3c2CCC3)ccc1Cl. The van der Waals surface area contributed by atoms with E-state index in [1.807, 2.05) is 0 Å². The van der Waals surface area contributed by atoms with Crippen LogP contribution in [0, 0.1) is 0 Å². The molecule has 0 unspecified atom stereocenters. The van der Waals surface area contributed by atoms with Crippen LogP contribution < -0.4 is 4.72 Å². The van der Waals surface area contributed by atoms with E-state index in [9.17, 15) is 26.7 Å². The van der Waals surface area contributed by atoms with E-state index in [0.717, 1.165) is 12.5 Å². The van der Waals surface area contributed by atoms with E-state index in [-0.39, 0.29) is 39.2 Å². The fraction of sp³-hybridized carbons (Fsp3) is 0.350. The molecule has 0 atom stereocenters. The average Bonchev–Trinajstić information content (AvgIpc) is 3.17. The van der Waals surface area contributed by atoms with E-state index in [2.05, 4.69) is 4.72 Å². The van der Waals surface area contributed by atoms with E-state index in [1.165, 1.54) is 28.6 Å². The molecule has 2 aromatic rings. The van der Waals surface area contributed by atoms with Gasteiger partial charge in [-0.3, -0.25) is 4.72 Å². The van der Waals surface area contributed by atoms with Crippen molar-refractivity contribution in [3.05, 3.63) is 52.0 Å². The van der Waals surface area contributed by atoms with Crippen LogP contribution in [-0.4, -0.2) is 45.3 Å². The number of nitrogens with one attached hydrogen (secondary N) is 1. The Morgan fingerprint density at radius 2 is 1.74 bits per heavy atom. The molecule has 8 nitrogen and oxygen atoms in total. The molecule has 2 aromatic carbocycles. The van der Waals surface area contributed by atoms with Crippen LogP contribution >= 0.6 is 11.6 Å². The lowest BCUT2D eigenvalue weighted by molar-refractivity contribution is 0.0696. The van der Waals surface area contributed by atoms with Crippen molar-refractivity contribution in [2.75, 3.05) is 17.8 Å². The second-order valence-corrected chi connectivity index (χ2v) is 11.1. The summed E-state index contributed by atoms with van der Waals surface area (Å²) in [5.74, 6) is -1.22. The van der Waals surface area contributed by atoms with Crippen molar-refractivity contribution in [3.8, 4) is 0 Å². The zero-order valence-electron chi connectivity index (χ0n) is 17.1. The molecule has 0 fully saturated rings. The second kappa shape index (κ2) is 8.78. The van der Waals surface area contributed by atoms with E-state index in [1.54, 1.807) is 13.8 Å². The van der Waals surface area contributed by atoms with Gasteiger partial charge in [-0.05, 0) is 60.7 Å². The van der Waals surface area contributed by atoms with E-state index >= 15 is 0 Å². The lowest BCUT2D eigenvalue weighted by Gasteiger charge is -2.20. The van der Waals surface area contributed by atoms with Gasteiger partial charge >= 0.3 is 5.97 Å². The topological polar surface area (TPSA) is 121 Å². The number of fused-ring (bicyclic) bond motifs is 1. The van der Waals surface area contributed by atoms with Gasteiger partial charge < -0.3 is 5.11 Å². The Kier molecular flexibility index (Phi) is 6.66. The van der Waals surface area contributed by atoms with Gasteiger partial charge in [0.15, 0.2) is 0 Å². The fourth-order valence-electron chi connectivity index (χ4n) is 3.71. The molecule has 0 bridgehead atoms. The van der Waals surface area contributed by atoms with Crippen molar-refractivity contribution in [3.63, 3.8) is 0 Å². The van der Waals surface area contributed by atoms with Gasteiger partial charge in [-0.2, -0.15) is 4.31 Å². The molecular formula is C20H23ClN2O6S2. The minimum atomic E-state index is -4.17. The number of carbonyl (C=O) groups is 1. The van der Waals surface area contributed by atoms with Crippen molar-refractivity contribution in [2.24, 2.45) is 0 Å². The molecule has 1 aliphatic carbocycles. The lowest BCUT2D eigenvalue weighted by atomic mass is 10.1. The van der Waals surface area contributed by atoms with Gasteiger partial charge in [-0.1, -0.05) is 25.4 Å². The zero-order chi connectivity index (χ0) is 23.0. The summed E-state index contributed by atoms with van der Waals surface area (Å²) in [6, 6.07) is 6.49. The number of carboxylic acid groups (broad SMARTS) is 1. The van der Waals surface area contributed by atoms with E-state index in [0.29, 0.717) is 24.0 Å². The van der Waals surface area contributed by atoms with Gasteiger partial charge in [-0.15, -0.1) is 0 Å². The number of hydrogen-bond donors (Lipinski definition) is 2. The summed E-state index contributed by atoms with van der Waals surface area (Å²) in [6.45, 7) is 3.85. The van der Waals surface area contributed by atoms with Crippen molar-refractivity contribution < 1.29 is 26.7 Å². The van der Waals surface area contributed by atoms with Crippen molar-refractivity contribution in [1.29, 1.82) is 0 Å². The largest absolute Gasteiger partial charge is 0.478 e. The van der Waals surface area contributed by atoms with Crippen LogP contribution in [0.3, 0.4) is 0 Å². The van der Waals surface area contributed by atoms with Crippen molar-refractivity contribution in [1.82, 2.24) is 4.31 Å². The predicted molar refractivity (Wildman–Crippen MR) is 118 cm³/mol. The number of halogens is 1. The van der Waals surface area contributed by atoms with E-state index in [4.69, 9.17) is 11.6 Å². The molecule has 0 radical (unpaired) electrons. The quantitative estimate of drug-likeness (QED) is 0.590. The number of aromatic carboxylic acids is 1. The van der Waals surface area contributed by atoms with Crippen LogP contribution in [0.4, 0.5) is 5.69 Å². The van der Waals surface area contributed by atoms with Gasteiger partial charge in [0.2, 0.25) is 10.0 Å². The summed E-state index contributed by atoms with van der Waals surface area (Å²) >= 11 is 6.11. The van der Waals surface area contributed by atoms with Gasteiger partial charge in [0.1, 0.15) is 4.90 Å². The molecule has 0 saturated carbocycles. The van der Waals surface area contributed by atoms with Crippen molar-refractivity contribution >= 4 is 43.3 Å². The van der Waals surface area contributed by atoms with Crippen LogP contribution in [0.15, 0.2) is 40.1 Å². The predicted octanol–water partition coefficient (Wildman–Crippen LogP) is 3.36. The van der Waals surface area contributed by atoms with Gasteiger partial charge in [0.25, 0.3) is 10.0 Å². The summed E-state index contributed by atoms with van der Waals surface area (Å²) in [6.07, 6.45) is 1.86. The first-order valence-corrected chi connectivity index (χ1v) is 13.0. The number of anilines is 1. The first kappa shape index (κ1) is 23.5. The number of benzene rings is 2. The third-order valence-electron chi connectivity index (χ3n) is 5.22. The Balaban J connectivity index is 2.05. The molecule has 1 aliphatic rings. The molecule has 3 rings (SSSR count). The first-order valence-electron chi connectivity index (χ1n) is 9.72. The molecule has 31 heavy (non-hydrogen) atoms. The average molecular weight is 487 g/mol. The minimum Gasteiger partial charge on any atom is -0.478 e. The van der Waals surface area contributed by atoms with Crippen LogP contribution in [0.25, 0.3) is 0 Å². The Labute approximate surface area is 186 Å². The second-order valence-electron chi connectivity index (χ2n) is 7.11. The number of aryl methyl sites for hydroxylation is 1. The highest BCUT2D eigenvalue weighted by Crippen LogP contribution is 2.33. The number of carboxylic acids is 1. The molecule has 168 valence electrons. The van der Waals surface area contributed by atoms with Crippen LogP contribution in [-0.2, 0) is 32.9 Å². The van der Waals surface area contributed by atoms with Crippen molar-refractivity contribution in [2.45, 2.75) is 42.9 Å². The van der Waals surface area contributed by atoms with Crippen LogP contribution in [0.2, 0.25) is 5.02 Å². The summed E-state index contributed by atoms with van der Waals surface area (Å²) in [4.78, 5) is 11.1. The highest BCUT2D eigenvalue weighted by Gasteiger charge is 2.28. The summed E-state index contributed by atoms with van der Waals surface area (Å²) in [5.41, 5.74) is 1.19. The Morgan fingerprint density at radius 3 is 2.35 bits per heavy atom. The fourth-order valence-corrected chi connectivity index (χ4v) is 7.05. The number of nitrogens with zero attached hydrogens (tertiary/aromatic N) is 1. The number of hydrogen-bond acceptors (Lipinski definition) is 5. The monoisotopic (exact) mass is 486 g/mol. The maximum absolute atomic E-state index is 13.1. The number of sulfonamides is 2. The maximum atomic E-state index is 13.1. The summed E-state index contributed by atoms with van der Waals surface area (Å²) in [7, 11) is -8.08. The molecule has 11 heteroatoms. The molecule has 0 saturated heterocycles. The molecular weight excluding hydrogens is 464 g/mol. The van der Waals surface area contributed by atoms with Gasteiger partial charge in [-0.25, -0.2) is 21.6 Å². The summed E-state index contributed by atoms with van der Waals surface area (Å²) in [5, 5.41) is 9.33. The Bertz CT molecular complexity index is 1240. The maximum Gasteiger partial charge on any atom is 0.335 e. The smallest absolute Gasteiger partial charge is 0.335 e. The third-order valence-corrected chi connectivity index (χ3v) is 9.20. The van der Waals surface area contributed by atoms with Crippen LogP contribution in [0.1, 0.15) is 41.8 Å². The molecule has 0 heterocycles. The zero-order valence-corrected chi connectivity index (χ0v) is 19.4. The minimum absolute atomic E-state index is 0.0163. The van der Waals surface area contributed by atoms with E-state index < -0.39 is 26.0 Å².